The van der Waals surface area contributed by atoms with Gasteiger partial charge in [-0.15, -0.1) is 0 Å². The molecule has 2 aromatic carbocycles. The van der Waals surface area contributed by atoms with Crippen molar-refractivity contribution in [2.45, 2.75) is 118 Å². The minimum absolute atomic E-state index is 0.335. The largest absolute Gasteiger partial charge is 0.255 e. The van der Waals surface area contributed by atoms with Crippen molar-refractivity contribution < 1.29 is 0 Å². The highest BCUT2D eigenvalue weighted by atomic mass is 14.8. The summed E-state index contributed by atoms with van der Waals surface area (Å²) in [4.78, 5) is 20.5. The van der Waals surface area contributed by atoms with Crippen molar-refractivity contribution in [2.75, 3.05) is 0 Å². The smallest absolute Gasteiger partial charge is 0.0876 e. The molecule has 4 heteroatoms. The van der Waals surface area contributed by atoms with Crippen LogP contribution in [0.25, 0.3) is 11.1 Å². The summed E-state index contributed by atoms with van der Waals surface area (Å²) in [6, 6.07) is 18.2. The van der Waals surface area contributed by atoms with E-state index in [1.165, 1.54) is 44.5 Å². The lowest BCUT2D eigenvalue weighted by Gasteiger charge is -2.24. The Kier molecular flexibility index (Phi) is 9.36. The van der Waals surface area contributed by atoms with Gasteiger partial charge in [0, 0.05) is 12.4 Å². The van der Waals surface area contributed by atoms with E-state index in [0.29, 0.717) is 23.7 Å². The molecule has 4 nitrogen and oxygen atoms in total. The van der Waals surface area contributed by atoms with Crippen molar-refractivity contribution in [3.63, 3.8) is 0 Å². The predicted molar refractivity (Wildman–Crippen MR) is 195 cm³/mol. The van der Waals surface area contributed by atoms with E-state index in [1.807, 2.05) is 12.4 Å². The van der Waals surface area contributed by atoms with Crippen molar-refractivity contribution in [1.29, 1.82) is 0 Å². The highest BCUT2D eigenvalue weighted by Crippen LogP contribution is 2.44. The first-order valence-electron chi connectivity index (χ1n) is 17.5. The maximum atomic E-state index is 5.46. The molecule has 0 N–H and O–H groups in total. The highest BCUT2D eigenvalue weighted by Gasteiger charge is 2.24. The minimum Gasteiger partial charge on any atom is -0.255 e. The number of aryl methyl sites for hydroxylation is 2. The van der Waals surface area contributed by atoms with Crippen LogP contribution in [0.1, 0.15) is 150 Å². The molecule has 2 heterocycles. The number of benzene rings is 2. The van der Waals surface area contributed by atoms with Gasteiger partial charge in [-0.3, -0.25) is 20.0 Å². The molecule has 0 radical (unpaired) electrons. The summed E-state index contributed by atoms with van der Waals surface area (Å²) in [5, 5.41) is 0. The second kappa shape index (κ2) is 13.4. The Morgan fingerprint density at radius 1 is 0.500 bits per heavy atom. The van der Waals surface area contributed by atoms with Crippen molar-refractivity contribution in [3.05, 3.63) is 106 Å². The average Bonchev–Trinajstić information content (AvgIpc) is 3.04. The third kappa shape index (κ3) is 6.36. The van der Waals surface area contributed by atoms with Gasteiger partial charge in [0.25, 0.3) is 0 Å². The SMILES string of the molecule is CC(C)c1cc(-c2cc(C(C)C)c(N=C3CCCc4cccnc43)c(C(C)C)c2)cc(C(C)C)c1N=C1CCCc2cccnc21. The van der Waals surface area contributed by atoms with Gasteiger partial charge in [-0.25, -0.2) is 0 Å². The van der Waals surface area contributed by atoms with E-state index < -0.39 is 0 Å². The van der Waals surface area contributed by atoms with Crippen LogP contribution in [-0.2, 0) is 12.8 Å². The summed E-state index contributed by atoms with van der Waals surface area (Å²) < 4.78 is 0. The molecule has 46 heavy (non-hydrogen) atoms. The van der Waals surface area contributed by atoms with E-state index in [4.69, 9.17) is 20.0 Å². The van der Waals surface area contributed by atoms with Crippen molar-refractivity contribution in [3.8, 4) is 11.1 Å². The quantitative estimate of drug-likeness (QED) is 0.209. The van der Waals surface area contributed by atoms with Crippen LogP contribution in [0.15, 0.2) is 70.9 Å². The van der Waals surface area contributed by atoms with Gasteiger partial charge in [-0.1, -0.05) is 67.5 Å². The summed E-state index contributed by atoms with van der Waals surface area (Å²) in [5.41, 5.74) is 17.1. The van der Waals surface area contributed by atoms with Gasteiger partial charge in [0.1, 0.15) is 0 Å². The van der Waals surface area contributed by atoms with Crippen LogP contribution in [-0.4, -0.2) is 21.4 Å². The van der Waals surface area contributed by atoms with Crippen LogP contribution in [0.2, 0.25) is 0 Å². The normalized spacial score (nSPS) is 16.6. The number of aliphatic imine (C=N–C) groups is 2. The van der Waals surface area contributed by atoms with Gasteiger partial charge in [0.05, 0.1) is 34.2 Å². The Hall–Kier alpha value is -3.92. The van der Waals surface area contributed by atoms with Crippen molar-refractivity contribution in [1.82, 2.24) is 9.97 Å². The zero-order chi connectivity index (χ0) is 32.5. The number of hydrogen-bond donors (Lipinski definition) is 0. The van der Waals surface area contributed by atoms with Crippen molar-refractivity contribution in [2.24, 2.45) is 9.98 Å². The second-order valence-corrected chi connectivity index (χ2v) is 14.5. The fourth-order valence-electron chi connectivity index (χ4n) is 7.13. The molecule has 2 aliphatic carbocycles. The van der Waals surface area contributed by atoms with Gasteiger partial charge < -0.3 is 0 Å². The monoisotopic (exact) mass is 610 g/mol. The molecule has 6 rings (SSSR count). The molecular weight excluding hydrogens is 560 g/mol. The molecular formula is C42H50N4. The third-order valence-electron chi connectivity index (χ3n) is 9.70. The fourth-order valence-corrected chi connectivity index (χ4v) is 7.13. The first-order valence-corrected chi connectivity index (χ1v) is 17.5. The van der Waals surface area contributed by atoms with Gasteiger partial charge in [-0.2, -0.15) is 0 Å². The highest BCUT2D eigenvalue weighted by molar-refractivity contribution is 6.03. The van der Waals surface area contributed by atoms with Crippen molar-refractivity contribution >= 4 is 22.8 Å². The zero-order valence-corrected chi connectivity index (χ0v) is 29.1. The van der Waals surface area contributed by atoms with E-state index >= 15 is 0 Å². The average molecular weight is 611 g/mol. The lowest BCUT2D eigenvalue weighted by molar-refractivity contribution is 0.817. The number of rotatable bonds is 7. The topological polar surface area (TPSA) is 50.5 Å². The van der Waals surface area contributed by atoms with E-state index in [-0.39, 0.29) is 0 Å². The number of fused-ring (bicyclic) bond motifs is 2. The molecule has 0 atom stereocenters. The van der Waals surface area contributed by atoms with Crippen LogP contribution in [0.3, 0.4) is 0 Å². The van der Waals surface area contributed by atoms with E-state index in [2.05, 4.69) is 104 Å². The minimum atomic E-state index is 0.335. The molecule has 0 amide bonds. The van der Waals surface area contributed by atoms with Crippen LogP contribution in [0.4, 0.5) is 11.4 Å². The predicted octanol–water partition coefficient (Wildman–Crippen LogP) is 11.6. The molecule has 0 unspecified atom stereocenters. The van der Waals surface area contributed by atoms with Gasteiger partial charge in [0.15, 0.2) is 0 Å². The Labute approximate surface area is 276 Å². The molecule has 2 aliphatic rings. The summed E-state index contributed by atoms with van der Waals surface area (Å²) in [5.74, 6) is 1.34. The van der Waals surface area contributed by atoms with Crippen LogP contribution < -0.4 is 0 Å². The Balaban J connectivity index is 1.53. The molecule has 0 bridgehead atoms. The number of aromatic nitrogens is 2. The van der Waals surface area contributed by atoms with E-state index in [9.17, 15) is 0 Å². The zero-order valence-electron chi connectivity index (χ0n) is 29.1. The summed E-state index contributed by atoms with van der Waals surface area (Å²) >= 11 is 0. The molecule has 238 valence electrons. The van der Waals surface area contributed by atoms with E-state index in [0.717, 1.165) is 72.7 Å². The first-order chi connectivity index (χ1) is 22.1. The maximum absolute atomic E-state index is 5.46. The van der Waals surface area contributed by atoms with E-state index in [1.54, 1.807) is 0 Å². The van der Waals surface area contributed by atoms with Gasteiger partial charge >= 0.3 is 0 Å². The fraction of sp³-hybridized carbons (Fsp3) is 0.429. The first kappa shape index (κ1) is 32.0. The lowest BCUT2D eigenvalue weighted by Crippen LogP contribution is -2.14. The number of pyridine rings is 2. The van der Waals surface area contributed by atoms with Crippen LogP contribution in [0.5, 0.6) is 0 Å². The molecule has 2 aromatic heterocycles. The molecule has 0 spiro atoms. The molecule has 0 fully saturated rings. The number of nitrogens with zero attached hydrogens (tertiary/aromatic N) is 4. The van der Waals surface area contributed by atoms with Crippen LogP contribution in [0, 0.1) is 0 Å². The summed E-state index contributed by atoms with van der Waals surface area (Å²) in [6.07, 6.45) is 10.2. The maximum Gasteiger partial charge on any atom is 0.0876 e. The number of hydrogen-bond acceptors (Lipinski definition) is 4. The summed E-state index contributed by atoms with van der Waals surface area (Å²) in [6.45, 7) is 18.4. The van der Waals surface area contributed by atoms with Gasteiger partial charge in [-0.05, 0) is 143 Å². The Bertz CT molecular complexity index is 1610. The van der Waals surface area contributed by atoms with Crippen LogP contribution >= 0.6 is 0 Å². The second-order valence-electron chi connectivity index (χ2n) is 14.5. The summed E-state index contributed by atoms with van der Waals surface area (Å²) in [7, 11) is 0. The Morgan fingerprint density at radius 2 is 0.848 bits per heavy atom. The van der Waals surface area contributed by atoms with Gasteiger partial charge in [0.2, 0.25) is 0 Å². The molecule has 0 aliphatic heterocycles. The standard InChI is InChI=1S/C42H50N4/c1-25(2)33-21-31(22-34(26(3)4)41(33)45-37-17-9-13-29-15-11-19-43-39(29)37)32-23-35(27(5)6)42(36(24-32)28(7)8)46-38-18-10-14-30-16-12-20-44-40(30)38/h11-12,15-16,19-28H,9-10,13-14,17-18H2,1-8H3. The molecule has 0 saturated carbocycles. The molecule has 0 saturated heterocycles. The Morgan fingerprint density at radius 3 is 1.17 bits per heavy atom. The molecule has 4 aromatic rings. The third-order valence-corrected chi connectivity index (χ3v) is 9.70. The lowest BCUT2D eigenvalue weighted by atomic mass is 9.85.